The van der Waals surface area contributed by atoms with Crippen molar-refractivity contribution in [2.24, 2.45) is 16.4 Å². The smallest absolute Gasteiger partial charge is 0.243 e. The first kappa shape index (κ1) is 10.5. The van der Waals surface area contributed by atoms with Gasteiger partial charge in [0.05, 0.1) is 6.21 Å². The van der Waals surface area contributed by atoms with E-state index in [-0.39, 0.29) is 11.8 Å². The minimum absolute atomic E-state index is 0.0943. The molecule has 0 saturated heterocycles. The predicted molar refractivity (Wildman–Crippen MR) is 66.6 cm³/mol. The van der Waals surface area contributed by atoms with Crippen LogP contribution >= 0.6 is 0 Å². The predicted octanol–water partition coefficient (Wildman–Crippen LogP) is 2.33. The van der Waals surface area contributed by atoms with E-state index < -0.39 is 0 Å². The second kappa shape index (κ2) is 3.99. The maximum absolute atomic E-state index is 11.8. The average molecular weight is 228 g/mol. The van der Waals surface area contributed by atoms with E-state index in [9.17, 15) is 4.79 Å². The second-order valence-electron chi connectivity index (χ2n) is 5.12. The number of nitrogens with zero attached hydrogens (tertiary/aromatic N) is 1. The van der Waals surface area contributed by atoms with Crippen molar-refractivity contribution in [3.8, 4) is 0 Å². The van der Waals surface area contributed by atoms with Gasteiger partial charge in [0, 0.05) is 5.92 Å². The lowest BCUT2D eigenvalue weighted by Crippen LogP contribution is -2.26. The molecule has 1 aromatic rings. The third-order valence-electron chi connectivity index (χ3n) is 4.04. The van der Waals surface area contributed by atoms with Crippen LogP contribution in [0.25, 0.3) is 0 Å². The van der Waals surface area contributed by atoms with Gasteiger partial charge in [-0.05, 0) is 30.2 Å². The fraction of sp³-hybridized carbons (Fsp3) is 0.429. The van der Waals surface area contributed by atoms with Crippen LogP contribution in [0.1, 0.15) is 31.2 Å². The lowest BCUT2D eigenvalue weighted by Gasteiger charge is -2.25. The maximum atomic E-state index is 11.8. The average Bonchev–Trinajstić information content (AvgIpc) is 3.05. The molecule has 0 heterocycles. The molecule has 0 aliphatic heterocycles. The third kappa shape index (κ3) is 1.97. The van der Waals surface area contributed by atoms with E-state index in [0.717, 1.165) is 12.0 Å². The summed E-state index contributed by atoms with van der Waals surface area (Å²) in [5.74, 6) is 0.320. The third-order valence-corrected chi connectivity index (χ3v) is 4.04. The maximum Gasteiger partial charge on any atom is 0.243 e. The molecule has 3 heteroatoms. The molecule has 1 unspecified atom stereocenters. The highest BCUT2D eigenvalue weighted by Crippen LogP contribution is 2.65. The van der Waals surface area contributed by atoms with Crippen molar-refractivity contribution in [1.29, 1.82) is 0 Å². The molecule has 2 aliphatic rings. The molecule has 1 amide bonds. The highest BCUT2D eigenvalue weighted by atomic mass is 16.2. The second-order valence-corrected chi connectivity index (χ2v) is 5.12. The van der Waals surface area contributed by atoms with Gasteiger partial charge in [0.1, 0.15) is 0 Å². The number of nitrogens with one attached hydrogen (secondary N) is 1. The van der Waals surface area contributed by atoms with E-state index >= 15 is 0 Å². The van der Waals surface area contributed by atoms with Crippen LogP contribution in [0, 0.1) is 11.3 Å². The van der Waals surface area contributed by atoms with Crippen LogP contribution in [0.3, 0.4) is 0 Å². The topological polar surface area (TPSA) is 41.5 Å². The van der Waals surface area contributed by atoms with Gasteiger partial charge in [-0.15, -0.1) is 0 Å². The van der Waals surface area contributed by atoms with Gasteiger partial charge < -0.3 is 0 Å². The standard InChI is InChI=1S/C14H16N2O/c17-13(12-9-14(12)7-4-8-14)16-15-10-11-5-2-1-3-6-11/h1-3,5-6,10,12H,4,7-9H2,(H,16,17). The molecule has 1 atom stereocenters. The van der Waals surface area contributed by atoms with Gasteiger partial charge in [0.15, 0.2) is 0 Å². The molecule has 17 heavy (non-hydrogen) atoms. The Labute approximate surface area is 101 Å². The van der Waals surface area contributed by atoms with Crippen LogP contribution in [-0.4, -0.2) is 12.1 Å². The largest absolute Gasteiger partial charge is 0.273 e. The Morgan fingerprint density at radius 2 is 2.12 bits per heavy atom. The summed E-state index contributed by atoms with van der Waals surface area (Å²) in [4.78, 5) is 11.8. The molecule has 3 nitrogen and oxygen atoms in total. The first-order chi connectivity index (χ1) is 8.30. The monoisotopic (exact) mass is 228 g/mol. The zero-order valence-corrected chi connectivity index (χ0v) is 9.73. The van der Waals surface area contributed by atoms with Gasteiger partial charge in [0.25, 0.3) is 0 Å². The van der Waals surface area contributed by atoms with Crippen molar-refractivity contribution < 1.29 is 4.79 Å². The molecular weight excluding hydrogens is 212 g/mol. The van der Waals surface area contributed by atoms with Crippen LogP contribution in [-0.2, 0) is 4.79 Å². The lowest BCUT2D eigenvalue weighted by molar-refractivity contribution is -0.123. The van der Waals surface area contributed by atoms with Crippen molar-refractivity contribution >= 4 is 12.1 Å². The van der Waals surface area contributed by atoms with Gasteiger partial charge in [-0.1, -0.05) is 36.8 Å². The molecule has 0 bridgehead atoms. The summed E-state index contributed by atoms with van der Waals surface area (Å²) in [5.41, 5.74) is 4.03. The summed E-state index contributed by atoms with van der Waals surface area (Å²) in [5, 5.41) is 4.00. The fourth-order valence-corrected chi connectivity index (χ4v) is 2.69. The number of hydrogen-bond donors (Lipinski definition) is 1. The highest BCUT2D eigenvalue weighted by molar-refractivity contribution is 5.85. The number of benzene rings is 1. The molecule has 2 saturated carbocycles. The molecule has 2 fully saturated rings. The first-order valence-corrected chi connectivity index (χ1v) is 6.18. The van der Waals surface area contributed by atoms with E-state index in [1.54, 1.807) is 6.21 Å². The van der Waals surface area contributed by atoms with Gasteiger partial charge in [-0.25, -0.2) is 5.43 Å². The molecule has 1 N–H and O–H groups in total. The Bertz CT molecular complexity index is 449. The van der Waals surface area contributed by atoms with Crippen LogP contribution in [0.4, 0.5) is 0 Å². The molecule has 1 spiro atoms. The van der Waals surface area contributed by atoms with Crippen molar-refractivity contribution in [2.75, 3.05) is 0 Å². The summed E-state index contributed by atoms with van der Waals surface area (Å²) in [6.07, 6.45) is 6.51. The van der Waals surface area contributed by atoms with Gasteiger partial charge in [-0.3, -0.25) is 4.79 Å². The summed E-state index contributed by atoms with van der Waals surface area (Å²) in [7, 11) is 0. The fourth-order valence-electron chi connectivity index (χ4n) is 2.69. The van der Waals surface area contributed by atoms with Gasteiger partial charge >= 0.3 is 0 Å². The van der Waals surface area contributed by atoms with Crippen LogP contribution < -0.4 is 5.43 Å². The van der Waals surface area contributed by atoms with E-state index in [0.29, 0.717) is 5.41 Å². The van der Waals surface area contributed by atoms with Crippen LogP contribution in [0.5, 0.6) is 0 Å². The van der Waals surface area contributed by atoms with E-state index in [1.165, 1.54) is 19.3 Å². The molecule has 2 aliphatic carbocycles. The Morgan fingerprint density at radius 1 is 1.35 bits per heavy atom. The molecule has 3 rings (SSSR count). The van der Waals surface area contributed by atoms with Crippen molar-refractivity contribution in [3.63, 3.8) is 0 Å². The number of carbonyl (C=O) groups excluding carboxylic acids is 1. The Morgan fingerprint density at radius 3 is 2.71 bits per heavy atom. The summed E-state index contributed by atoms with van der Waals surface area (Å²) in [6, 6.07) is 9.78. The Kier molecular flexibility index (Phi) is 2.46. The molecule has 0 radical (unpaired) electrons. The van der Waals surface area contributed by atoms with Crippen molar-refractivity contribution in [1.82, 2.24) is 5.43 Å². The van der Waals surface area contributed by atoms with E-state index in [1.807, 2.05) is 30.3 Å². The zero-order valence-electron chi connectivity index (χ0n) is 9.73. The highest BCUT2D eigenvalue weighted by Gasteiger charge is 2.60. The summed E-state index contributed by atoms with van der Waals surface area (Å²) in [6.45, 7) is 0. The van der Waals surface area contributed by atoms with E-state index in [4.69, 9.17) is 0 Å². The first-order valence-electron chi connectivity index (χ1n) is 6.18. The van der Waals surface area contributed by atoms with E-state index in [2.05, 4.69) is 10.5 Å². The number of hydrogen-bond acceptors (Lipinski definition) is 2. The number of carbonyl (C=O) groups is 1. The molecule has 1 aromatic carbocycles. The minimum Gasteiger partial charge on any atom is -0.273 e. The quantitative estimate of drug-likeness (QED) is 0.626. The SMILES string of the molecule is O=C(NN=Cc1ccccc1)C1CC12CCC2. The number of rotatable bonds is 3. The number of amides is 1. The zero-order chi connectivity index (χ0) is 11.7. The van der Waals surface area contributed by atoms with Gasteiger partial charge in [-0.2, -0.15) is 5.10 Å². The minimum atomic E-state index is 0.0943. The summed E-state index contributed by atoms with van der Waals surface area (Å²) < 4.78 is 0. The Balaban J connectivity index is 1.52. The van der Waals surface area contributed by atoms with Crippen molar-refractivity contribution in [2.45, 2.75) is 25.7 Å². The molecule has 0 aromatic heterocycles. The van der Waals surface area contributed by atoms with Crippen molar-refractivity contribution in [3.05, 3.63) is 35.9 Å². The normalized spacial score (nSPS) is 24.6. The molecular formula is C14H16N2O. The van der Waals surface area contributed by atoms with Crippen LogP contribution in [0.15, 0.2) is 35.4 Å². The molecule has 88 valence electrons. The van der Waals surface area contributed by atoms with Gasteiger partial charge in [0.2, 0.25) is 5.91 Å². The summed E-state index contributed by atoms with van der Waals surface area (Å²) >= 11 is 0. The number of hydrazone groups is 1. The Hall–Kier alpha value is -1.64. The van der Waals surface area contributed by atoms with Crippen LogP contribution in [0.2, 0.25) is 0 Å². The lowest BCUT2D eigenvalue weighted by atomic mass is 9.80.